The molecule has 1 aliphatic carbocycles. The minimum atomic E-state index is -0.793. The van der Waals surface area contributed by atoms with E-state index in [4.69, 9.17) is 9.47 Å². The van der Waals surface area contributed by atoms with E-state index in [9.17, 15) is 5.11 Å². The van der Waals surface area contributed by atoms with Gasteiger partial charge < -0.3 is 14.6 Å². The number of ether oxygens (including phenoxy) is 2. The summed E-state index contributed by atoms with van der Waals surface area (Å²) in [5, 5.41) is 10.5. The molecule has 5 heteroatoms. The molecular weight excluding hydrogens is 220 g/mol. The summed E-state index contributed by atoms with van der Waals surface area (Å²) in [6.07, 6.45) is 6.11. The Balaban J connectivity index is 2.32. The molecule has 0 saturated heterocycles. The molecule has 1 aromatic rings. The standard InChI is InChI=1S/C12H18N2O3/c1-16-11-9(13-7-8-14-11)10(15)12(17-2)5-3-4-6-12/h7-8,10,15H,3-6H2,1-2H3. The van der Waals surface area contributed by atoms with Crippen LogP contribution in [-0.4, -0.2) is 34.9 Å². The van der Waals surface area contributed by atoms with Crippen LogP contribution in [0.1, 0.15) is 37.5 Å². The maximum absolute atomic E-state index is 10.5. The number of methoxy groups -OCH3 is 2. The topological polar surface area (TPSA) is 64.5 Å². The first kappa shape index (κ1) is 12.3. The van der Waals surface area contributed by atoms with Gasteiger partial charge in [0, 0.05) is 19.5 Å². The first-order valence-electron chi connectivity index (χ1n) is 5.81. The van der Waals surface area contributed by atoms with Gasteiger partial charge in [0.1, 0.15) is 11.8 Å². The van der Waals surface area contributed by atoms with Gasteiger partial charge in [0.25, 0.3) is 0 Å². The van der Waals surface area contributed by atoms with Crippen molar-refractivity contribution in [2.24, 2.45) is 0 Å². The molecule has 1 saturated carbocycles. The molecule has 0 aliphatic heterocycles. The number of rotatable bonds is 4. The minimum absolute atomic E-state index is 0.364. The summed E-state index contributed by atoms with van der Waals surface area (Å²) in [5.41, 5.74) is -0.0812. The van der Waals surface area contributed by atoms with E-state index in [0.29, 0.717) is 11.6 Å². The maximum Gasteiger partial charge on any atom is 0.238 e. The van der Waals surface area contributed by atoms with Crippen LogP contribution in [0.3, 0.4) is 0 Å². The first-order valence-corrected chi connectivity index (χ1v) is 5.81. The van der Waals surface area contributed by atoms with E-state index in [1.54, 1.807) is 19.5 Å². The van der Waals surface area contributed by atoms with E-state index in [-0.39, 0.29) is 0 Å². The first-order chi connectivity index (χ1) is 8.23. The molecule has 1 atom stereocenters. The molecule has 2 rings (SSSR count). The number of nitrogens with zero attached hydrogens (tertiary/aromatic N) is 2. The van der Waals surface area contributed by atoms with Gasteiger partial charge in [0.05, 0.1) is 12.7 Å². The van der Waals surface area contributed by atoms with Crippen LogP contribution in [0.25, 0.3) is 0 Å². The summed E-state index contributed by atoms with van der Waals surface area (Å²) in [4.78, 5) is 8.22. The smallest absolute Gasteiger partial charge is 0.238 e. The molecule has 1 aromatic heterocycles. The fraction of sp³-hybridized carbons (Fsp3) is 0.667. The Morgan fingerprint density at radius 3 is 2.47 bits per heavy atom. The number of aliphatic hydroxyl groups excluding tert-OH is 1. The third-order valence-electron chi connectivity index (χ3n) is 3.50. The zero-order valence-electron chi connectivity index (χ0n) is 10.2. The van der Waals surface area contributed by atoms with Gasteiger partial charge in [-0.25, -0.2) is 4.98 Å². The van der Waals surface area contributed by atoms with E-state index in [1.807, 2.05) is 0 Å². The molecule has 1 aliphatic rings. The molecule has 5 nitrogen and oxygen atoms in total. The summed E-state index contributed by atoms with van der Waals surface area (Å²) in [6.45, 7) is 0. The van der Waals surface area contributed by atoms with Crippen molar-refractivity contribution in [2.75, 3.05) is 14.2 Å². The lowest BCUT2D eigenvalue weighted by atomic mass is 9.92. The number of hydrogen-bond acceptors (Lipinski definition) is 5. The minimum Gasteiger partial charge on any atom is -0.480 e. The lowest BCUT2D eigenvalue weighted by molar-refractivity contribution is -0.102. The highest BCUT2D eigenvalue weighted by Crippen LogP contribution is 2.43. The Morgan fingerprint density at radius 2 is 1.88 bits per heavy atom. The molecule has 1 fully saturated rings. The van der Waals surface area contributed by atoms with Gasteiger partial charge in [-0.2, -0.15) is 0 Å². The van der Waals surface area contributed by atoms with Crippen molar-refractivity contribution in [3.8, 4) is 5.88 Å². The molecule has 1 N–H and O–H groups in total. The second kappa shape index (κ2) is 4.98. The quantitative estimate of drug-likeness (QED) is 0.860. The second-order valence-corrected chi connectivity index (χ2v) is 4.33. The van der Waals surface area contributed by atoms with Crippen molar-refractivity contribution in [1.29, 1.82) is 0 Å². The monoisotopic (exact) mass is 238 g/mol. The predicted molar refractivity (Wildman–Crippen MR) is 61.8 cm³/mol. The molecule has 94 valence electrons. The molecule has 0 bridgehead atoms. The Kier molecular flexibility index (Phi) is 3.59. The van der Waals surface area contributed by atoms with E-state index < -0.39 is 11.7 Å². The van der Waals surface area contributed by atoms with Crippen molar-refractivity contribution >= 4 is 0 Å². The van der Waals surface area contributed by atoms with Gasteiger partial charge in [-0.1, -0.05) is 12.8 Å². The van der Waals surface area contributed by atoms with E-state index in [1.165, 1.54) is 7.11 Å². The third kappa shape index (κ3) is 2.12. The van der Waals surface area contributed by atoms with Crippen LogP contribution in [0.2, 0.25) is 0 Å². The Bertz CT molecular complexity index is 378. The maximum atomic E-state index is 10.5. The van der Waals surface area contributed by atoms with Crippen LogP contribution in [0.5, 0.6) is 5.88 Å². The van der Waals surface area contributed by atoms with Gasteiger partial charge in [-0.3, -0.25) is 4.98 Å². The summed E-state index contributed by atoms with van der Waals surface area (Å²) in [7, 11) is 3.16. The van der Waals surface area contributed by atoms with Gasteiger partial charge in [0.2, 0.25) is 5.88 Å². The van der Waals surface area contributed by atoms with Crippen LogP contribution in [-0.2, 0) is 4.74 Å². The van der Waals surface area contributed by atoms with Crippen molar-refractivity contribution < 1.29 is 14.6 Å². The Labute approximate surface area is 101 Å². The molecule has 0 spiro atoms. The van der Waals surface area contributed by atoms with Crippen LogP contribution in [0.15, 0.2) is 12.4 Å². The molecule has 0 amide bonds. The Morgan fingerprint density at radius 1 is 1.24 bits per heavy atom. The molecule has 17 heavy (non-hydrogen) atoms. The number of aromatic nitrogens is 2. The average molecular weight is 238 g/mol. The van der Waals surface area contributed by atoms with Gasteiger partial charge in [-0.15, -0.1) is 0 Å². The third-order valence-corrected chi connectivity index (χ3v) is 3.50. The SMILES string of the molecule is COc1nccnc1C(O)C1(OC)CCCC1. The van der Waals surface area contributed by atoms with Crippen molar-refractivity contribution in [3.63, 3.8) is 0 Å². The highest BCUT2D eigenvalue weighted by atomic mass is 16.5. The Hall–Kier alpha value is -1.20. The summed E-state index contributed by atoms with van der Waals surface area (Å²) >= 11 is 0. The van der Waals surface area contributed by atoms with Crippen LogP contribution >= 0.6 is 0 Å². The number of hydrogen-bond donors (Lipinski definition) is 1. The summed E-state index contributed by atoms with van der Waals surface area (Å²) < 4.78 is 10.7. The fourth-order valence-electron chi connectivity index (χ4n) is 2.49. The summed E-state index contributed by atoms with van der Waals surface area (Å²) in [6, 6.07) is 0. The summed E-state index contributed by atoms with van der Waals surface area (Å²) in [5.74, 6) is 0.364. The van der Waals surface area contributed by atoms with E-state index in [0.717, 1.165) is 25.7 Å². The van der Waals surface area contributed by atoms with Crippen molar-refractivity contribution in [3.05, 3.63) is 18.1 Å². The highest BCUT2D eigenvalue weighted by molar-refractivity contribution is 5.23. The lowest BCUT2D eigenvalue weighted by Gasteiger charge is -2.32. The molecule has 0 radical (unpaired) electrons. The number of aliphatic hydroxyl groups is 1. The van der Waals surface area contributed by atoms with E-state index >= 15 is 0 Å². The predicted octanol–water partition coefficient (Wildman–Crippen LogP) is 1.48. The van der Waals surface area contributed by atoms with Crippen molar-refractivity contribution in [1.82, 2.24) is 9.97 Å². The van der Waals surface area contributed by atoms with Crippen LogP contribution in [0, 0.1) is 0 Å². The lowest BCUT2D eigenvalue weighted by Crippen LogP contribution is -2.36. The molecule has 0 aromatic carbocycles. The normalized spacial score (nSPS) is 20.2. The zero-order valence-corrected chi connectivity index (χ0v) is 10.2. The van der Waals surface area contributed by atoms with Gasteiger partial charge in [0.15, 0.2) is 0 Å². The van der Waals surface area contributed by atoms with Crippen LogP contribution < -0.4 is 4.74 Å². The zero-order chi connectivity index (χ0) is 12.3. The van der Waals surface area contributed by atoms with Gasteiger partial charge in [-0.05, 0) is 12.8 Å². The highest BCUT2D eigenvalue weighted by Gasteiger charge is 2.43. The fourth-order valence-corrected chi connectivity index (χ4v) is 2.49. The van der Waals surface area contributed by atoms with Gasteiger partial charge >= 0.3 is 0 Å². The van der Waals surface area contributed by atoms with E-state index in [2.05, 4.69) is 9.97 Å². The van der Waals surface area contributed by atoms with Crippen molar-refractivity contribution in [2.45, 2.75) is 37.4 Å². The molecular formula is C12H18N2O3. The second-order valence-electron chi connectivity index (χ2n) is 4.33. The average Bonchev–Trinajstić information content (AvgIpc) is 2.88. The molecule has 1 heterocycles. The molecule has 1 unspecified atom stereocenters. The van der Waals surface area contributed by atoms with Crippen LogP contribution in [0.4, 0.5) is 0 Å². The largest absolute Gasteiger partial charge is 0.480 e.